The van der Waals surface area contributed by atoms with Crippen LogP contribution < -0.4 is 0 Å². The molecule has 3 atom stereocenters. The molecule has 1 aromatic carbocycles. The highest BCUT2D eigenvalue weighted by atomic mass is 35.5. The molecule has 22 heavy (non-hydrogen) atoms. The molecule has 0 radical (unpaired) electrons. The first kappa shape index (κ1) is 14.4. The van der Waals surface area contributed by atoms with Gasteiger partial charge in [0.25, 0.3) is 0 Å². The summed E-state index contributed by atoms with van der Waals surface area (Å²) in [5.41, 5.74) is 2.65. The molecular formula is C18H19ClO3. The van der Waals surface area contributed by atoms with Crippen LogP contribution in [-0.4, -0.2) is 24.3 Å². The van der Waals surface area contributed by atoms with Crippen LogP contribution in [-0.2, 0) is 20.7 Å². The zero-order chi connectivity index (χ0) is 15.5. The third-order valence-electron chi connectivity index (χ3n) is 5.35. The van der Waals surface area contributed by atoms with Gasteiger partial charge in [0.2, 0.25) is 0 Å². The number of rotatable bonds is 1. The largest absolute Gasteiger partial charge is 0.341 e. The summed E-state index contributed by atoms with van der Waals surface area (Å²) in [7, 11) is 0. The normalized spacial score (nSPS) is 39.5. The summed E-state index contributed by atoms with van der Waals surface area (Å²) in [5, 5.41) is 0.698. The lowest BCUT2D eigenvalue weighted by molar-refractivity contribution is -0.147. The zero-order valence-electron chi connectivity index (χ0n) is 12.8. The van der Waals surface area contributed by atoms with Gasteiger partial charge in [0.1, 0.15) is 6.29 Å². The maximum absolute atomic E-state index is 11.9. The number of hydrogen-bond donors (Lipinski definition) is 0. The van der Waals surface area contributed by atoms with Crippen molar-refractivity contribution in [3.63, 3.8) is 0 Å². The number of carbonyl (C=O) groups excluding carboxylic acids is 1. The molecule has 1 fully saturated rings. The van der Waals surface area contributed by atoms with Crippen molar-refractivity contribution in [2.45, 2.75) is 51.1 Å². The van der Waals surface area contributed by atoms with E-state index in [0.717, 1.165) is 35.8 Å². The van der Waals surface area contributed by atoms with Crippen LogP contribution >= 0.6 is 11.6 Å². The number of carbonyl (C=O) groups is 1. The van der Waals surface area contributed by atoms with Crippen molar-refractivity contribution in [3.8, 4) is 0 Å². The minimum Gasteiger partial charge on any atom is -0.341 e. The summed E-state index contributed by atoms with van der Waals surface area (Å²) in [6, 6.07) is 5.88. The predicted octanol–water partition coefficient (Wildman–Crippen LogP) is 3.78. The lowest BCUT2D eigenvalue weighted by Gasteiger charge is -2.37. The number of allylic oxidation sites excluding steroid dienone is 1. The van der Waals surface area contributed by atoms with Gasteiger partial charge in [-0.05, 0) is 50.0 Å². The SMILES string of the molecule is CC1OC2(C=C3c4c(Cl)cccc4CC3(C=O)CC2)OC1C. The highest BCUT2D eigenvalue weighted by Gasteiger charge is 2.53. The van der Waals surface area contributed by atoms with E-state index in [9.17, 15) is 4.79 Å². The second-order valence-electron chi connectivity index (χ2n) is 6.74. The molecule has 4 rings (SSSR count). The number of aldehydes is 1. The molecule has 1 heterocycles. The average molecular weight is 319 g/mol. The van der Waals surface area contributed by atoms with Gasteiger partial charge in [0.15, 0.2) is 5.79 Å². The van der Waals surface area contributed by atoms with Gasteiger partial charge in [-0.1, -0.05) is 23.7 Å². The van der Waals surface area contributed by atoms with E-state index in [-0.39, 0.29) is 12.2 Å². The van der Waals surface area contributed by atoms with Crippen molar-refractivity contribution in [1.82, 2.24) is 0 Å². The lowest BCUT2D eigenvalue weighted by atomic mass is 9.72. The molecule has 2 aliphatic carbocycles. The highest BCUT2D eigenvalue weighted by Crippen LogP contribution is 2.56. The molecule has 3 unspecified atom stereocenters. The fraction of sp³-hybridized carbons (Fsp3) is 0.500. The average Bonchev–Trinajstić information content (AvgIpc) is 2.96. The Morgan fingerprint density at radius 1 is 1.23 bits per heavy atom. The molecule has 1 aromatic rings. The summed E-state index contributed by atoms with van der Waals surface area (Å²) in [6.07, 6.45) is 5.36. The fourth-order valence-corrected chi connectivity index (χ4v) is 4.32. The van der Waals surface area contributed by atoms with Gasteiger partial charge in [0, 0.05) is 17.0 Å². The maximum atomic E-state index is 11.9. The molecule has 1 aliphatic heterocycles. The summed E-state index contributed by atoms with van der Waals surface area (Å²) in [4.78, 5) is 11.9. The predicted molar refractivity (Wildman–Crippen MR) is 84.7 cm³/mol. The van der Waals surface area contributed by atoms with E-state index in [1.54, 1.807) is 0 Å². The molecular weight excluding hydrogens is 300 g/mol. The van der Waals surface area contributed by atoms with Crippen molar-refractivity contribution in [3.05, 3.63) is 40.4 Å². The second kappa shape index (κ2) is 4.67. The Morgan fingerprint density at radius 3 is 2.64 bits per heavy atom. The van der Waals surface area contributed by atoms with Gasteiger partial charge in [-0.25, -0.2) is 0 Å². The Morgan fingerprint density at radius 2 is 1.95 bits per heavy atom. The van der Waals surface area contributed by atoms with Gasteiger partial charge in [0.05, 0.1) is 17.6 Å². The molecule has 1 saturated heterocycles. The van der Waals surface area contributed by atoms with Gasteiger partial charge < -0.3 is 14.3 Å². The highest BCUT2D eigenvalue weighted by molar-refractivity contribution is 6.33. The molecule has 3 nitrogen and oxygen atoms in total. The van der Waals surface area contributed by atoms with E-state index in [0.29, 0.717) is 11.4 Å². The van der Waals surface area contributed by atoms with E-state index in [1.807, 2.05) is 32.1 Å². The third-order valence-corrected chi connectivity index (χ3v) is 5.67. The van der Waals surface area contributed by atoms with E-state index in [4.69, 9.17) is 21.1 Å². The van der Waals surface area contributed by atoms with Crippen LogP contribution in [0.25, 0.3) is 5.57 Å². The van der Waals surface area contributed by atoms with E-state index in [2.05, 4.69) is 6.07 Å². The quantitative estimate of drug-likeness (QED) is 0.739. The molecule has 0 aromatic heterocycles. The van der Waals surface area contributed by atoms with E-state index < -0.39 is 11.2 Å². The monoisotopic (exact) mass is 318 g/mol. The molecule has 0 bridgehead atoms. The van der Waals surface area contributed by atoms with Crippen LogP contribution in [0.15, 0.2) is 24.3 Å². The molecule has 0 amide bonds. The van der Waals surface area contributed by atoms with Crippen molar-refractivity contribution in [1.29, 1.82) is 0 Å². The second-order valence-corrected chi connectivity index (χ2v) is 7.15. The van der Waals surface area contributed by atoms with Crippen LogP contribution in [0.1, 0.15) is 37.8 Å². The Kier molecular flexibility index (Phi) is 3.06. The van der Waals surface area contributed by atoms with Crippen LogP contribution in [0, 0.1) is 5.41 Å². The summed E-state index contributed by atoms with van der Waals surface area (Å²) in [5.74, 6) is -0.707. The van der Waals surface area contributed by atoms with Crippen LogP contribution in [0.5, 0.6) is 0 Å². The first-order valence-corrected chi connectivity index (χ1v) is 8.19. The molecule has 0 saturated carbocycles. The molecule has 3 aliphatic rings. The molecule has 1 spiro atoms. The zero-order valence-corrected chi connectivity index (χ0v) is 13.5. The van der Waals surface area contributed by atoms with Crippen molar-refractivity contribution in [2.24, 2.45) is 5.41 Å². The Hall–Kier alpha value is -1.16. The van der Waals surface area contributed by atoms with E-state index >= 15 is 0 Å². The summed E-state index contributed by atoms with van der Waals surface area (Å²) in [6.45, 7) is 4.05. The maximum Gasteiger partial charge on any atom is 0.189 e. The number of benzene rings is 1. The van der Waals surface area contributed by atoms with Crippen LogP contribution in [0.2, 0.25) is 5.02 Å². The molecule has 0 N–H and O–H groups in total. The third kappa shape index (κ3) is 1.86. The smallest absolute Gasteiger partial charge is 0.189 e. The number of hydrogen-bond acceptors (Lipinski definition) is 3. The first-order valence-electron chi connectivity index (χ1n) is 7.82. The number of halogens is 1. The molecule has 116 valence electrons. The Balaban J connectivity index is 1.87. The van der Waals surface area contributed by atoms with Crippen molar-refractivity contribution >= 4 is 23.5 Å². The minimum absolute atomic E-state index is 0.0488. The summed E-state index contributed by atoms with van der Waals surface area (Å²) < 4.78 is 12.2. The number of fused-ring (bicyclic) bond motifs is 3. The Bertz CT molecular complexity index is 671. The van der Waals surface area contributed by atoms with Gasteiger partial charge in [-0.2, -0.15) is 0 Å². The van der Waals surface area contributed by atoms with Crippen LogP contribution in [0.3, 0.4) is 0 Å². The fourth-order valence-electron chi connectivity index (χ4n) is 4.03. The molecule has 4 heteroatoms. The minimum atomic E-state index is -0.707. The number of ether oxygens (including phenoxy) is 2. The van der Waals surface area contributed by atoms with Gasteiger partial charge in [-0.15, -0.1) is 0 Å². The van der Waals surface area contributed by atoms with Gasteiger partial charge in [-0.3, -0.25) is 0 Å². The summed E-state index contributed by atoms with van der Waals surface area (Å²) >= 11 is 6.42. The van der Waals surface area contributed by atoms with Crippen molar-refractivity contribution in [2.75, 3.05) is 0 Å². The lowest BCUT2D eigenvalue weighted by Crippen LogP contribution is -2.38. The topological polar surface area (TPSA) is 35.5 Å². The Labute approximate surface area is 135 Å². The van der Waals surface area contributed by atoms with E-state index in [1.165, 1.54) is 0 Å². The van der Waals surface area contributed by atoms with Crippen molar-refractivity contribution < 1.29 is 14.3 Å². The van der Waals surface area contributed by atoms with Crippen LogP contribution in [0.4, 0.5) is 0 Å². The standard InChI is InChI=1S/C18H19ClO3/c1-11-12(2)22-18(21-11)7-6-17(10-20)8-13-4-3-5-15(19)16(13)14(17)9-18/h3-5,9-12H,6-8H2,1-2H3. The first-order chi connectivity index (χ1) is 10.5. The van der Waals surface area contributed by atoms with Gasteiger partial charge >= 0.3 is 0 Å².